The van der Waals surface area contributed by atoms with E-state index in [4.69, 9.17) is 20.1 Å². The number of aliphatic carboxylic acids is 3. The summed E-state index contributed by atoms with van der Waals surface area (Å²) in [7, 11) is 0. The fourth-order valence-corrected chi connectivity index (χ4v) is 3.25. The molecule has 2 aromatic rings. The molecule has 11 heteroatoms. The highest BCUT2D eigenvalue weighted by Gasteiger charge is 2.28. The van der Waals surface area contributed by atoms with Gasteiger partial charge in [0.05, 0.1) is 6.42 Å². The summed E-state index contributed by atoms with van der Waals surface area (Å²) in [5.41, 5.74) is 1.70. The van der Waals surface area contributed by atoms with Crippen molar-refractivity contribution in [1.29, 1.82) is 0 Å². The Hall–Kier alpha value is -4.41. The van der Waals surface area contributed by atoms with Crippen molar-refractivity contribution < 1.29 is 44.0 Å². The number of carbonyl (C=O) groups excluding carboxylic acids is 2. The number of carbonyl (C=O) groups is 5. The third-order valence-electron chi connectivity index (χ3n) is 5.07. The number of amides is 2. The molecule has 0 aliphatic rings. The smallest absolute Gasteiger partial charge is 0.356 e. The summed E-state index contributed by atoms with van der Waals surface area (Å²) in [5, 5.41) is 32.0. The lowest BCUT2D eigenvalue weighted by Gasteiger charge is -2.19. The van der Waals surface area contributed by atoms with Crippen molar-refractivity contribution >= 4 is 29.7 Å². The standard InChI is InChI=1S/C25H28N2O9/c28-20(12-13-21(29)30)27-19(23(31)26-14-4-7-16-5-2-1-3-6-16)15-17-8-10-18(11-9-17)36-22(24(32)33)25(34)35/h1-3,5-6,8-11,19,22H,4,7,12-15H2,(H,26,31)(H,27,28)(H,29,30)(H,32,33)(H,34,35). The van der Waals surface area contributed by atoms with Crippen LogP contribution < -0.4 is 15.4 Å². The van der Waals surface area contributed by atoms with Gasteiger partial charge in [-0.15, -0.1) is 0 Å². The predicted octanol–water partition coefficient (Wildman–Crippen LogP) is 1.24. The Morgan fingerprint density at radius 1 is 0.806 bits per heavy atom. The van der Waals surface area contributed by atoms with Crippen LogP contribution in [0.1, 0.15) is 30.4 Å². The average Bonchev–Trinajstić information content (AvgIpc) is 2.84. The van der Waals surface area contributed by atoms with Crippen LogP contribution >= 0.6 is 0 Å². The normalized spacial score (nSPS) is 11.4. The number of hydrogen-bond acceptors (Lipinski definition) is 6. The second kappa shape index (κ2) is 14.1. The van der Waals surface area contributed by atoms with Gasteiger partial charge >= 0.3 is 17.9 Å². The Bertz CT molecular complexity index is 1040. The molecule has 2 amide bonds. The molecule has 0 spiro atoms. The maximum absolute atomic E-state index is 12.8. The van der Waals surface area contributed by atoms with Crippen molar-refractivity contribution in [3.63, 3.8) is 0 Å². The molecule has 0 heterocycles. The zero-order chi connectivity index (χ0) is 26.5. The van der Waals surface area contributed by atoms with E-state index in [1.807, 2.05) is 30.3 Å². The molecule has 0 aliphatic heterocycles. The molecule has 0 saturated carbocycles. The van der Waals surface area contributed by atoms with E-state index in [0.29, 0.717) is 18.5 Å². The molecule has 0 aliphatic carbocycles. The number of carboxylic acid groups (broad SMARTS) is 3. The van der Waals surface area contributed by atoms with Crippen molar-refractivity contribution in [3.05, 3.63) is 65.7 Å². The molecule has 0 radical (unpaired) electrons. The van der Waals surface area contributed by atoms with E-state index in [1.165, 1.54) is 24.3 Å². The average molecular weight is 501 g/mol. The fraction of sp³-hybridized carbons (Fsp3) is 0.320. The van der Waals surface area contributed by atoms with Crippen LogP contribution in [0.15, 0.2) is 54.6 Å². The van der Waals surface area contributed by atoms with Gasteiger partial charge in [0.2, 0.25) is 11.8 Å². The van der Waals surface area contributed by atoms with Crippen molar-refractivity contribution in [2.75, 3.05) is 6.54 Å². The van der Waals surface area contributed by atoms with Gasteiger partial charge in [-0.25, -0.2) is 9.59 Å². The Morgan fingerprint density at radius 2 is 1.44 bits per heavy atom. The summed E-state index contributed by atoms with van der Waals surface area (Å²) >= 11 is 0. The van der Waals surface area contributed by atoms with Gasteiger partial charge in [0, 0.05) is 19.4 Å². The van der Waals surface area contributed by atoms with E-state index in [9.17, 15) is 24.0 Å². The predicted molar refractivity (Wildman–Crippen MR) is 126 cm³/mol. The Balaban J connectivity index is 2.01. The molecule has 11 nitrogen and oxygen atoms in total. The minimum atomic E-state index is -2.07. The van der Waals surface area contributed by atoms with E-state index in [0.717, 1.165) is 12.0 Å². The lowest BCUT2D eigenvalue weighted by molar-refractivity contribution is -0.159. The fourth-order valence-electron chi connectivity index (χ4n) is 3.25. The lowest BCUT2D eigenvalue weighted by Crippen LogP contribution is -2.48. The molecule has 192 valence electrons. The van der Waals surface area contributed by atoms with Crippen molar-refractivity contribution in [1.82, 2.24) is 10.6 Å². The van der Waals surface area contributed by atoms with E-state index < -0.39 is 41.9 Å². The molecular weight excluding hydrogens is 472 g/mol. The monoisotopic (exact) mass is 500 g/mol. The van der Waals surface area contributed by atoms with Gasteiger partial charge in [0.15, 0.2) is 0 Å². The molecule has 0 fully saturated rings. The third kappa shape index (κ3) is 9.84. The summed E-state index contributed by atoms with van der Waals surface area (Å²) in [6.07, 6.45) is -1.24. The van der Waals surface area contributed by atoms with Gasteiger partial charge < -0.3 is 30.7 Å². The molecule has 0 aromatic heterocycles. The molecular formula is C25H28N2O9. The number of rotatable bonds is 15. The molecule has 36 heavy (non-hydrogen) atoms. The Labute approximate surface area is 207 Å². The SMILES string of the molecule is O=C(O)CCC(=O)NC(Cc1ccc(OC(C(=O)O)C(=O)O)cc1)C(=O)NCCCc1ccccc1. The first-order valence-electron chi connectivity index (χ1n) is 11.2. The number of hydrogen-bond donors (Lipinski definition) is 5. The molecule has 1 atom stereocenters. The van der Waals surface area contributed by atoms with E-state index in [2.05, 4.69) is 10.6 Å². The highest BCUT2D eigenvalue weighted by atomic mass is 16.5. The maximum Gasteiger partial charge on any atom is 0.356 e. The topological polar surface area (TPSA) is 179 Å². The van der Waals surface area contributed by atoms with Gasteiger partial charge in [-0.2, -0.15) is 0 Å². The van der Waals surface area contributed by atoms with Crippen LogP contribution in [0.25, 0.3) is 0 Å². The van der Waals surface area contributed by atoms with Crippen LogP contribution in [0.4, 0.5) is 0 Å². The Kier molecular flexibility index (Phi) is 10.9. The van der Waals surface area contributed by atoms with E-state index in [-0.39, 0.29) is 25.0 Å². The van der Waals surface area contributed by atoms with Gasteiger partial charge in [-0.3, -0.25) is 14.4 Å². The zero-order valence-electron chi connectivity index (χ0n) is 19.4. The first-order chi connectivity index (χ1) is 17.2. The number of aryl methyl sites for hydroxylation is 1. The van der Waals surface area contributed by atoms with Crippen LogP contribution in [0.3, 0.4) is 0 Å². The number of carboxylic acids is 3. The van der Waals surface area contributed by atoms with Gasteiger partial charge in [-0.05, 0) is 36.1 Å². The van der Waals surface area contributed by atoms with Crippen LogP contribution in [0.5, 0.6) is 5.75 Å². The zero-order valence-corrected chi connectivity index (χ0v) is 19.4. The Morgan fingerprint density at radius 3 is 2.03 bits per heavy atom. The molecule has 2 rings (SSSR count). The van der Waals surface area contributed by atoms with E-state index >= 15 is 0 Å². The second-order valence-corrected chi connectivity index (χ2v) is 7.92. The first kappa shape index (κ1) is 27.8. The second-order valence-electron chi connectivity index (χ2n) is 7.92. The summed E-state index contributed by atoms with van der Waals surface area (Å²) in [5.74, 6) is -5.47. The third-order valence-corrected chi connectivity index (χ3v) is 5.07. The minimum Gasteiger partial charge on any atom is -0.481 e. The van der Waals surface area contributed by atoms with Crippen molar-refractivity contribution in [2.24, 2.45) is 0 Å². The van der Waals surface area contributed by atoms with Crippen LogP contribution in [-0.4, -0.2) is 63.7 Å². The highest BCUT2D eigenvalue weighted by Crippen LogP contribution is 2.16. The van der Waals surface area contributed by atoms with E-state index in [1.54, 1.807) is 0 Å². The number of benzene rings is 2. The summed E-state index contributed by atoms with van der Waals surface area (Å²) in [6.45, 7) is 0.369. The molecule has 2 aromatic carbocycles. The lowest BCUT2D eigenvalue weighted by atomic mass is 10.0. The minimum absolute atomic E-state index is 0.000886. The number of ether oxygens (including phenoxy) is 1. The maximum atomic E-state index is 12.8. The van der Waals surface area contributed by atoms with Gasteiger partial charge in [-0.1, -0.05) is 42.5 Å². The molecule has 0 saturated heterocycles. The van der Waals surface area contributed by atoms with Crippen LogP contribution in [0.2, 0.25) is 0 Å². The summed E-state index contributed by atoms with van der Waals surface area (Å²) in [4.78, 5) is 57.7. The van der Waals surface area contributed by atoms with Gasteiger partial charge in [0.1, 0.15) is 11.8 Å². The molecule has 5 N–H and O–H groups in total. The summed E-state index contributed by atoms with van der Waals surface area (Å²) < 4.78 is 4.96. The first-order valence-corrected chi connectivity index (χ1v) is 11.2. The van der Waals surface area contributed by atoms with Crippen LogP contribution in [-0.2, 0) is 36.8 Å². The van der Waals surface area contributed by atoms with Crippen LogP contribution in [0, 0.1) is 0 Å². The van der Waals surface area contributed by atoms with Crippen molar-refractivity contribution in [3.8, 4) is 5.75 Å². The molecule has 0 bridgehead atoms. The van der Waals surface area contributed by atoms with Gasteiger partial charge in [0.25, 0.3) is 6.10 Å². The van der Waals surface area contributed by atoms with Crippen molar-refractivity contribution in [2.45, 2.75) is 44.2 Å². The number of nitrogens with one attached hydrogen (secondary N) is 2. The highest BCUT2D eigenvalue weighted by molar-refractivity contribution is 5.96. The molecule has 1 unspecified atom stereocenters. The summed E-state index contributed by atoms with van der Waals surface area (Å²) in [6, 6.07) is 14.5. The quantitative estimate of drug-likeness (QED) is 0.178. The largest absolute Gasteiger partial charge is 0.481 e.